The Labute approximate surface area is 151 Å². The molecule has 1 aliphatic carbocycles. The van der Waals surface area contributed by atoms with Crippen molar-refractivity contribution in [2.24, 2.45) is 0 Å². The van der Waals surface area contributed by atoms with Crippen LogP contribution in [0.2, 0.25) is 0 Å². The predicted octanol–water partition coefficient (Wildman–Crippen LogP) is 1.01. The minimum Gasteiger partial charge on any atom is -0.372 e. The summed E-state index contributed by atoms with van der Waals surface area (Å²) in [6.07, 6.45) is 8.43. The van der Waals surface area contributed by atoms with E-state index in [-0.39, 0.29) is 0 Å². The molecule has 2 aliphatic heterocycles. The first-order chi connectivity index (χ1) is 12.3. The van der Waals surface area contributed by atoms with Crippen LogP contribution in [0, 0.1) is 0 Å². The van der Waals surface area contributed by atoms with Crippen molar-refractivity contribution in [3.8, 4) is 0 Å². The monoisotopic (exact) mass is 343 g/mol. The number of fused-ring (bicyclic) bond motifs is 1. The Hall–Kier alpha value is -1.39. The Morgan fingerprint density at radius 3 is 2.68 bits per heavy atom. The van der Waals surface area contributed by atoms with Gasteiger partial charge in [-0.1, -0.05) is 18.2 Å². The number of piperazine rings is 1. The fraction of sp³-hybridized carbons (Fsp3) is 0.667. The van der Waals surface area contributed by atoms with E-state index in [0.717, 1.165) is 39.3 Å². The number of carbonyl (C=O) groups is 1. The maximum atomic E-state index is 12.7. The molecule has 136 valence electrons. The van der Waals surface area contributed by atoms with Gasteiger partial charge in [-0.3, -0.25) is 4.79 Å². The number of aryl methyl sites for hydroxylation is 2. The molecule has 25 heavy (non-hydrogen) atoms. The molecule has 0 unspecified atom stereocenters. The molecule has 0 bridgehead atoms. The molecule has 2 saturated heterocycles. The number of hydrogen-bond donors (Lipinski definition) is 1. The fourth-order valence-corrected chi connectivity index (χ4v) is 4.59. The topological polar surface area (TPSA) is 34.0 Å². The summed E-state index contributed by atoms with van der Waals surface area (Å²) in [5.74, 6) is 0.298. The summed E-state index contributed by atoms with van der Waals surface area (Å²) in [5.41, 5.74) is 4.16. The van der Waals surface area contributed by atoms with Gasteiger partial charge in [-0.05, 0) is 55.2 Å². The summed E-state index contributed by atoms with van der Waals surface area (Å²) < 4.78 is 5.75. The number of rotatable bonds is 4. The molecule has 4 nitrogen and oxygen atoms in total. The summed E-state index contributed by atoms with van der Waals surface area (Å²) in [5, 5.41) is 0. The maximum Gasteiger partial charge on any atom is 0.227 e. The number of benzene rings is 1. The van der Waals surface area contributed by atoms with E-state index in [2.05, 4.69) is 23.1 Å². The van der Waals surface area contributed by atoms with E-state index in [4.69, 9.17) is 4.74 Å². The highest BCUT2D eigenvalue weighted by atomic mass is 16.5. The third-order valence-corrected chi connectivity index (χ3v) is 6.13. The molecule has 0 spiro atoms. The Bertz CT molecular complexity index is 602. The molecule has 1 amide bonds. The zero-order valence-electron chi connectivity index (χ0n) is 15.3. The van der Waals surface area contributed by atoms with Gasteiger partial charge in [0.2, 0.25) is 5.91 Å². The molecule has 0 aromatic heterocycles. The van der Waals surface area contributed by atoms with Crippen LogP contribution in [-0.2, 0) is 28.8 Å². The number of nitrogens with zero attached hydrogens (tertiary/aromatic N) is 1. The third-order valence-electron chi connectivity index (χ3n) is 6.13. The number of carbonyl (C=O) groups excluding carboxylic acids is 1. The maximum absolute atomic E-state index is 12.7. The molecule has 0 radical (unpaired) electrons. The van der Waals surface area contributed by atoms with E-state index in [1.165, 1.54) is 55.2 Å². The van der Waals surface area contributed by atoms with Crippen LogP contribution in [0.4, 0.5) is 0 Å². The smallest absolute Gasteiger partial charge is 0.227 e. The van der Waals surface area contributed by atoms with Crippen LogP contribution < -0.4 is 4.90 Å². The Morgan fingerprint density at radius 2 is 1.92 bits per heavy atom. The van der Waals surface area contributed by atoms with E-state index in [0.29, 0.717) is 18.4 Å². The van der Waals surface area contributed by atoms with Crippen LogP contribution in [-0.4, -0.2) is 56.2 Å². The average Bonchev–Trinajstić information content (AvgIpc) is 3.15. The molecule has 2 heterocycles. The van der Waals surface area contributed by atoms with Crippen LogP contribution in [0.1, 0.15) is 42.4 Å². The lowest BCUT2D eigenvalue weighted by Crippen LogP contribution is -3.15. The third kappa shape index (κ3) is 4.24. The molecule has 2 fully saturated rings. The number of quaternary nitrogens is 1. The minimum absolute atomic E-state index is 0.298. The van der Waals surface area contributed by atoms with Gasteiger partial charge in [0.05, 0.1) is 32.6 Å². The number of hydrogen-bond acceptors (Lipinski definition) is 2. The fourth-order valence-electron chi connectivity index (χ4n) is 4.59. The first kappa shape index (κ1) is 17.0. The SMILES string of the molecule is O=C(Cc1ccc2c(c1)CCCC2)N1CC[NH+](C[C@@H]2CCCO2)CC1. The van der Waals surface area contributed by atoms with Gasteiger partial charge in [0.25, 0.3) is 0 Å². The molecular formula is C21H31N2O2+. The highest BCUT2D eigenvalue weighted by molar-refractivity contribution is 5.79. The molecule has 1 aromatic rings. The molecule has 4 rings (SSSR count). The molecule has 1 aromatic carbocycles. The average molecular weight is 343 g/mol. The minimum atomic E-state index is 0.298. The largest absolute Gasteiger partial charge is 0.372 e. The normalized spacial score (nSPS) is 24.3. The zero-order valence-corrected chi connectivity index (χ0v) is 15.3. The second-order valence-electron chi connectivity index (χ2n) is 7.96. The van der Waals surface area contributed by atoms with Crippen molar-refractivity contribution in [1.29, 1.82) is 0 Å². The molecule has 3 aliphatic rings. The van der Waals surface area contributed by atoms with Crippen LogP contribution in [0.5, 0.6) is 0 Å². The molecule has 4 heteroatoms. The van der Waals surface area contributed by atoms with Crippen LogP contribution >= 0.6 is 0 Å². The van der Waals surface area contributed by atoms with Gasteiger partial charge in [-0.2, -0.15) is 0 Å². The summed E-state index contributed by atoms with van der Waals surface area (Å²) in [7, 11) is 0. The first-order valence-electron chi connectivity index (χ1n) is 10.1. The summed E-state index contributed by atoms with van der Waals surface area (Å²) in [6, 6.07) is 6.70. The number of amides is 1. The van der Waals surface area contributed by atoms with Crippen molar-refractivity contribution in [1.82, 2.24) is 4.90 Å². The molecule has 1 N–H and O–H groups in total. The Balaban J connectivity index is 1.27. The lowest BCUT2D eigenvalue weighted by Gasteiger charge is -2.33. The van der Waals surface area contributed by atoms with E-state index in [1.807, 2.05) is 0 Å². The molecule has 1 atom stereocenters. The highest BCUT2D eigenvalue weighted by Gasteiger charge is 2.27. The zero-order chi connectivity index (χ0) is 17.1. The quantitative estimate of drug-likeness (QED) is 0.885. The Morgan fingerprint density at radius 1 is 1.12 bits per heavy atom. The predicted molar refractivity (Wildman–Crippen MR) is 97.9 cm³/mol. The lowest BCUT2D eigenvalue weighted by atomic mass is 9.90. The summed E-state index contributed by atoms with van der Waals surface area (Å²) >= 11 is 0. The number of ether oxygens (including phenoxy) is 1. The van der Waals surface area contributed by atoms with E-state index in [9.17, 15) is 4.79 Å². The van der Waals surface area contributed by atoms with Crippen LogP contribution in [0.25, 0.3) is 0 Å². The highest BCUT2D eigenvalue weighted by Crippen LogP contribution is 2.22. The van der Waals surface area contributed by atoms with Gasteiger partial charge in [0, 0.05) is 6.61 Å². The van der Waals surface area contributed by atoms with E-state index >= 15 is 0 Å². The van der Waals surface area contributed by atoms with Crippen molar-refractivity contribution < 1.29 is 14.4 Å². The van der Waals surface area contributed by atoms with Gasteiger partial charge in [0.1, 0.15) is 12.6 Å². The van der Waals surface area contributed by atoms with E-state index < -0.39 is 0 Å². The summed E-state index contributed by atoms with van der Waals surface area (Å²) in [6.45, 7) is 5.97. The van der Waals surface area contributed by atoms with Crippen molar-refractivity contribution in [3.63, 3.8) is 0 Å². The van der Waals surface area contributed by atoms with E-state index in [1.54, 1.807) is 4.90 Å². The second kappa shape index (κ2) is 7.88. The van der Waals surface area contributed by atoms with Gasteiger partial charge in [-0.25, -0.2) is 0 Å². The second-order valence-corrected chi connectivity index (χ2v) is 7.96. The van der Waals surface area contributed by atoms with Crippen LogP contribution in [0.3, 0.4) is 0 Å². The van der Waals surface area contributed by atoms with Gasteiger partial charge >= 0.3 is 0 Å². The summed E-state index contributed by atoms with van der Waals surface area (Å²) in [4.78, 5) is 16.3. The van der Waals surface area contributed by atoms with Crippen molar-refractivity contribution in [3.05, 3.63) is 34.9 Å². The Kier molecular flexibility index (Phi) is 5.37. The van der Waals surface area contributed by atoms with Crippen molar-refractivity contribution in [2.75, 3.05) is 39.3 Å². The first-order valence-corrected chi connectivity index (χ1v) is 10.1. The van der Waals surface area contributed by atoms with Crippen molar-refractivity contribution in [2.45, 2.75) is 51.0 Å². The molecular weight excluding hydrogens is 312 g/mol. The number of nitrogens with one attached hydrogen (secondary N) is 1. The standard InChI is InChI=1S/C21H30N2O2/c24-21(15-17-7-8-18-4-1-2-5-19(18)14-17)23-11-9-22(10-12-23)16-20-6-3-13-25-20/h7-8,14,20H,1-6,9-13,15-16H2/p+1/t20-/m0/s1. The van der Waals surface area contributed by atoms with Crippen LogP contribution in [0.15, 0.2) is 18.2 Å². The van der Waals surface area contributed by atoms with Crippen molar-refractivity contribution >= 4 is 5.91 Å². The van der Waals surface area contributed by atoms with Gasteiger partial charge in [-0.15, -0.1) is 0 Å². The van der Waals surface area contributed by atoms with Gasteiger partial charge in [0.15, 0.2) is 0 Å². The lowest BCUT2D eigenvalue weighted by molar-refractivity contribution is -0.906. The van der Waals surface area contributed by atoms with Gasteiger partial charge < -0.3 is 14.5 Å². The molecule has 0 saturated carbocycles.